The largest absolute Gasteiger partial charge is 0.351 e. The number of carbonyl (C=O) groups excluding carboxylic acids is 1. The zero-order valence-corrected chi connectivity index (χ0v) is 11.6. The molecule has 1 N–H and O–H groups in total. The lowest BCUT2D eigenvalue weighted by Gasteiger charge is -2.05. The Labute approximate surface area is 113 Å². The Bertz CT molecular complexity index is 520. The van der Waals surface area contributed by atoms with E-state index in [9.17, 15) is 4.79 Å². The van der Waals surface area contributed by atoms with Crippen molar-refractivity contribution in [2.24, 2.45) is 7.05 Å². The summed E-state index contributed by atoms with van der Waals surface area (Å²) in [5, 5.41) is 10.4. The van der Waals surface area contributed by atoms with Crippen molar-refractivity contribution in [3.05, 3.63) is 34.8 Å². The lowest BCUT2D eigenvalue weighted by atomic mass is 10.3. The zero-order chi connectivity index (χ0) is 13.0. The molecular weight excluding hydrogens is 298 g/mol. The van der Waals surface area contributed by atoms with E-state index < -0.39 is 0 Å². The second-order valence-corrected chi connectivity index (χ2v) is 4.85. The van der Waals surface area contributed by atoms with Gasteiger partial charge >= 0.3 is 0 Å². The average Bonchev–Trinajstić information content (AvgIpc) is 2.94. The molecule has 7 heteroatoms. The topological polar surface area (TPSA) is 64.7 Å². The molecule has 0 aliphatic heterocycles. The molecule has 0 spiro atoms. The fourth-order valence-electron chi connectivity index (χ4n) is 1.64. The Hall–Kier alpha value is -1.63. The van der Waals surface area contributed by atoms with E-state index in [4.69, 9.17) is 0 Å². The lowest BCUT2D eigenvalue weighted by molar-refractivity contribution is 0.0944. The van der Waals surface area contributed by atoms with Crippen LogP contribution in [-0.4, -0.2) is 32.0 Å². The number of rotatable bonds is 5. The van der Waals surface area contributed by atoms with Gasteiger partial charge in [-0.1, -0.05) is 5.21 Å². The van der Waals surface area contributed by atoms with Gasteiger partial charge in [0.25, 0.3) is 5.91 Å². The van der Waals surface area contributed by atoms with Crippen molar-refractivity contribution in [2.45, 2.75) is 13.0 Å². The molecule has 0 aliphatic carbocycles. The minimum atomic E-state index is -0.0678. The number of nitrogens with one attached hydrogen (secondary N) is 1. The molecular formula is C11H14BrN5O. The van der Waals surface area contributed by atoms with Crippen molar-refractivity contribution in [1.82, 2.24) is 24.9 Å². The lowest BCUT2D eigenvalue weighted by Crippen LogP contribution is -2.27. The van der Waals surface area contributed by atoms with E-state index in [0.29, 0.717) is 12.2 Å². The quantitative estimate of drug-likeness (QED) is 0.844. The number of carbonyl (C=O) groups is 1. The first-order valence-electron chi connectivity index (χ1n) is 5.61. The maximum atomic E-state index is 11.9. The van der Waals surface area contributed by atoms with Crippen LogP contribution >= 0.6 is 15.9 Å². The molecule has 6 nitrogen and oxygen atoms in total. The molecule has 0 unspecified atom stereocenters. The molecule has 0 bridgehead atoms. The Balaban J connectivity index is 1.77. The first kappa shape index (κ1) is 12.8. The van der Waals surface area contributed by atoms with Crippen LogP contribution in [0.4, 0.5) is 0 Å². The summed E-state index contributed by atoms with van der Waals surface area (Å²) in [7, 11) is 1.84. The minimum Gasteiger partial charge on any atom is -0.351 e. The van der Waals surface area contributed by atoms with Crippen LogP contribution in [-0.2, 0) is 13.6 Å². The number of halogens is 1. The zero-order valence-electron chi connectivity index (χ0n) is 10.0. The van der Waals surface area contributed by atoms with E-state index in [1.54, 1.807) is 27.7 Å². The Morgan fingerprint density at radius 1 is 1.56 bits per heavy atom. The van der Waals surface area contributed by atoms with E-state index in [0.717, 1.165) is 17.4 Å². The second-order valence-electron chi connectivity index (χ2n) is 3.93. The third-order valence-electron chi connectivity index (χ3n) is 2.53. The molecule has 1 amide bonds. The van der Waals surface area contributed by atoms with Crippen LogP contribution in [0.2, 0.25) is 0 Å². The number of hydrogen-bond acceptors (Lipinski definition) is 3. The number of nitrogens with zero attached hydrogens (tertiary/aromatic N) is 4. The van der Waals surface area contributed by atoms with Crippen LogP contribution in [0, 0.1) is 0 Å². The van der Waals surface area contributed by atoms with Crippen LogP contribution in [0.5, 0.6) is 0 Å². The molecule has 0 radical (unpaired) electrons. The third-order valence-corrected chi connectivity index (χ3v) is 2.96. The monoisotopic (exact) mass is 311 g/mol. The van der Waals surface area contributed by atoms with Crippen molar-refractivity contribution in [1.29, 1.82) is 0 Å². The van der Waals surface area contributed by atoms with Gasteiger partial charge in [-0.2, -0.15) is 0 Å². The molecule has 0 saturated carbocycles. The van der Waals surface area contributed by atoms with E-state index in [1.807, 2.05) is 13.2 Å². The van der Waals surface area contributed by atoms with Gasteiger partial charge in [-0.3, -0.25) is 9.48 Å². The minimum absolute atomic E-state index is 0.0678. The predicted molar refractivity (Wildman–Crippen MR) is 70.1 cm³/mol. The van der Waals surface area contributed by atoms with E-state index in [1.165, 1.54) is 0 Å². The fourth-order valence-corrected chi connectivity index (χ4v) is 2.16. The van der Waals surface area contributed by atoms with Crippen molar-refractivity contribution in [3.8, 4) is 0 Å². The highest BCUT2D eigenvalue weighted by atomic mass is 79.9. The maximum Gasteiger partial charge on any atom is 0.267 e. The van der Waals surface area contributed by atoms with Gasteiger partial charge in [0.05, 0.1) is 6.20 Å². The Morgan fingerprint density at radius 2 is 2.39 bits per heavy atom. The molecule has 0 saturated heterocycles. The number of aryl methyl sites for hydroxylation is 2. The summed E-state index contributed by atoms with van der Waals surface area (Å²) >= 11 is 3.34. The number of amides is 1. The maximum absolute atomic E-state index is 11.9. The van der Waals surface area contributed by atoms with Gasteiger partial charge in [-0.15, -0.1) is 5.10 Å². The molecule has 2 aromatic heterocycles. The highest BCUT2D eigenvalue weighted by Gasteiger charge is 2.09. The standard InChI is InChI=1S/C11H14BrN5O/c1-16-8-9(12)7-10(16)11(18)13-3-2-5-17-6-4-14-15-17/h4,6-8H,2-3,5H2,1H3,(H,13,18). The predicted octanol–water partition coefficient (Wildman–Crippen LogP) is 1.20. The van der Waals surface area contributed by atoms with Crippen molar-refractivity contribution in [2.75, 3.05) is 6.54 Å². The molecule has 2 aromatic rings. The van der Waals surface area contributed by atoms with Crippen LogP contribution in [0.15, 0.2) is 29.1 Å². The van der Waals surface area contributed by atoms with Crippen LogP contribution in [0.1, 0.15) is 16.9 Å². The molecule has 0 fully saturated rings. The molecule has 0 aromatic carbocycles. The summed E-state index contributed by atoms with van der Waals surface area (Å²) < 4.78 is 4.43. The van der Waals surface area contributed by atoms with E-state index in [-0.39, 0.29) is 5.91 Å². The van der Waals surface area contributed by atoms with Crippen molar-refractivity contribution < 1.29 is 4.79 Å². The summed E-state index contributed by atoms with van der Waals surface area (Å²) in [5.74, 6) is -0.0678. The second kappa shape index (κ2) is 5.81. The van der Waals surface area contributed by atoms with Crippen LogP contribution in [0.25, 0.3) is 0 Å². The number of hydrogen-bond donors (Lipinski definition) is 1. The molecule has 96 valence electrons. The van der Waals surface area contributed by atoms with Gasteiger partial charge in [0, 0.05) is 37.0 Å². The van der Waals surface area contributed by atoms with Crippen molar-refractivity contribution in [3.63, 3.8) is 0 Å². The molecule has 18 heavy (non-hydrogen) atoms. The van der Waals surface area contributed by atoms with Gasteiger partial charge in [0.2, 0.25) is 0 Å². The smallest absolute Gasteiger partial charge is 0.267 e. The summed E-state index contributed by atoms with van der Waals surface area (Å²) in [6.07, 6.45) is 6.11. The first-order chi connectivity index (χ1) is 8.66. The number of aromatic nitrogens is 4. The fraction of sp³-hybridized carbons (Fsp3) is 0.364. The van der Waals surface area contributed by atoms with E-state index in [2.05, 4.69) is 31.6 Å². The molecule has 2 rings (SSSR count). The first-order valence-corrected chi connectivity index (χ1v) is 6.40. The van der Waals surface area contributed by atoms with Gasteiger partial charge in [-0.25, -0.2) is 0 Å². The Kier molecular flexibility index (Phi) is 4.14. The van der Waals surface area contributed by atoms with Gasteiger partial charge in [0.1, 0.15) is 5.69 Å². The summed E-state index contributed by atoms with van der Waals surface area (Å²) in [5.41, 5.74) is 0.641. The van der Waals surface area contributed by atoms with Crippen LogP contribution < -0.4 is 5.32 Å². The van der Waals surface area contributed by atoms with Gasteiger partial charge in [-0.05, 0) is 28.4 Å². The average molecular weight is 312 g/mol. The molecule has 2 heterocycles. The molecule has 0 atom stereocenters. The van der Waals surface area contributed by atoms with E-state index >= 15 is 0 Å². The van der Waals surface area contributed by atoms with Crippen LogP contribution in [0.3, 0.4) is 0 Å². The highest BCUT2D eigenvalue weighted by Crippen LogP contribution is 2.13. The summed E-state index contributed by atoms with van der Waals surface area (Å²) in [4.78, 5) is 11.9. The summed E-state index contributed by atoms with van der Waals surface area (Å²) in [6.45, 7) is 1.36. The van der Waals surface area contributed by atoms with Gasteiger partial charge < -0.3 is 9.88 Å². The third kappa shape index (κ3) is 3.19. The normalized spacial score (nSPS) is 10.6. The molecule has 0 aliphatic rings. The SMILES string of the molecule is Cn1cc(Br)cc1C(=O)NCCCn1ccnn1. The van der Waals surface area contributed by atoms with Gasteiger partial charge in [0.15, 0.2) is 0 Å². The summed E-state index contributed by atoms with van der Waals surface area (Å²) in [6, 6.07) is 1.80. The van der Waals surface area contributed by atoms with Crippen molar-refractivity contribution >= 4 is 21.8 Å². The highest BCUT2D eigenvalue weighted by molar-refractivity contribution is 9.10. The Morgan fingerprint density at radius 3 is 3.00 bits per heavy atom.